The number of nitrogens with one attached hydrogen (secondary N) is 1. The van der Waals surface area contributed by atoms with Gasteiger partial charge in [-0.25, -0.2) is 0 Å². The van der Waals surface area contributed by atoms with E-state index in [1.165, 1.54) is 12.8 Å². The highest BCUT2D eigenvalue weighted by Gasteiger charge is 2.24. The van der Waals surface area contributed by atoms with Crippen LogP contribution in [0.5, 0.6) is 0 Å². The zero-order valence-electron chi connectivity index (χ0n) is 11.6. The highest BCUT2D eigenvalue weighted by molar-refractivity contribution is 5.97. The molecule has 1 aromatic rings. The molecule has 1 aliphatic rings. The van der Waals surface area contributed by atoms with E-state index in [9.17, 15) is 4.79 Å². The maximum absolute atomic E-state index is 12.2. The first-order chi connectivity index (χ1) is 8.60. The van der Waals surface area contributed by atoms with Crippen LogP contribution in [0.15, 0.2) is 6.20 Å². The fraction of sp³-hybridized carbons (Fsp3) is 0.714. The minimum atomic E-state index is 0.217. The lowest BCUT2D eigenvalue weighted by Gasteiger charge is -2.29. The van der Waals surface area contributed by atoms with Crippen LogP contribution in [0.2, 0.25) is 0 Å². The summed E-state index contributed by atoms with van der Waals surface area (Å²) in [5.74, 6) is 0.994. The van der Waals surface area contributed by atoms with E-state index in [0.717, 1.165) is 30.1 Å². The number of rotatable bonds is 4. The average molecular weight is 249 g/mol. The zero-order chi connectivity index (χ0) is 13.1. The SMILES string of the molecule is CCC1CCNC(CC(=O)c2cn(C)nc2C)C1. The molecule has 1 fully saturated rings. The number of hydrogen-bond donors (Lipinski definition) is 1. The Morgan fingerprint density at radius 3 is 3.00 bits per heavy atom. The quantitative estimate of drug-likeness (QED) is 0.831. The second-order valence-electron chi connectivity index (χ2n) is 5.38. The van der Waals surface area contributed by atoms with Gasteiger partial charge in [-0.2, -0.15) is 5.10 Å². The summed E-state index contributed by atoms with van der Waals surface area (Å²) in [7, 11) is 1.86. The van der Waals surface area contributed by atoms with Crippen LogP contribution in [0.1, 0.15) is 48.7 Å². The second kappa shape index (κ2) is 5.65. The third-order valence-electron chi connectivity index (χ3n) is 3.93. The van der Waals surface area contributed by atoms with Gasteiger partial charge < -0.3 is 5.32 Å². The number of aromatic nitrogens is 2. The van der Waals surface area contributed by atoms with Crippen molar-refractivity contribution in [1.82, 2.24) is 15.1 Å². The molecule has 1 saturated heterocycles. The van der Waals surface area contributed by atoms with Gasteiger partial charge in [-0.3, -0.25) is 9.48 Å². The van der Waals surface area contributed by atoms with Crippen molar-refractivity contribution in [3.8, 4) is 0 Å². The summed E-state index contributed by atoms with van der Waals surface area (Å²) in [6.07, 6.45) is 6.02. The summed E-state index contributed by atoms with van der Waals surface area (Å²) < 4.78 is 1.71. The van der Waals surface area contributed by atoms with Crippen molar-refractivity contribution in [2.75, 3.05) is 6.54 Å². The smallest absolute Gasteiger partial charge is 0.167 e. The van der Waals surface area contributed by atoms with Crippen molar-refractivity contribution in [2.24, 2.45) is 13.0 Å². The summed E-state index contributed by atoms with van der Waals surface area (Å²) in [6, 6.07) is 0.343. The maximum atomic E-state index is 12.2. The predicted octanol–water partition coefficient (Wildman–Crippen LogP) is 2.08. The van der Waals surface area contributed by atoms with Gasteiger partial charge in [-0.1, -0.05) is 13.3 Å². The lowest BCUT2D eigenvalue weighted by atomic mass is 9.87. The van der Waals surface area contributed by atoms with Gasteiger partial charge in [0, 0.05) is 25.7 Å². The van der Waals surface area contributed by atoms with Crippen molar-refractivity contribution in [1.29, 1.82) is 0 Å². The number of aryl methyl sites for hydroxylation is 2. The largest absolute Gasteiger partial charge is 0.314 e. The van der Waals surface area contributed by atoms with Crippen LogP contribution in [0.4, 0.5) is 0 Å². The lowest BCUT2D eigenvalue weighted by molar-refractivity contribution is 0.0956. The molecule has 2 rings (SSSR count). The van der Waals surface area contributed by atoms with Gasteiger partial charge >= 0.3 is 0 Å². The Morgan fingerprint density at radius 2 is 2.39 bits per heavy atom. The van der Waals surface area contributed by atoms with Gasteiger partial charge in [-0.15, -0.1) is 0 Å². The first kappa shape index (κ1) is 13.3. The van der Waals surface area contributed by atoms with E-state index in [0.29, 0.717) is 12.5 Å². The number of piperidine rings is 1. The Bertz CT molecular complexity index is 425. The molecule has 2 atom stereocenters. The molecule has 2 heterocycles. The number of nitrogens with zero attached hydrogens (tertiary/aromatic N) is 2. The van der Waals surface area contributed by atoms with Crippen LogP contribution < -0.4 is 5.32 Å². The first-order valence-corrected chi connectivity index (χ1v) is 6.87. The molecule has 18 heavy (non-hydrogen) atoms. The highest BCUT2D eigenvalue weighted by atomic mass is 16.1. The van der Waals surface area contributed by atoms with Crippen LogP contribution in [-0.4, -0.2) is 28.2 Å². The molecule has 0 aromatic carbocycles. The monoisotopic (exact) mass is 249 g/mol. The molecule has 4 heteroatoms. The molecule has 1 aliphatic heterocycles. The van der Waals surface area contributed by atoms with E-state index in [1.54, 1.807) is 4.68 Å². The van der Waals surface area contributed by atoms with Crippen molar-refractivity contribution in [3.63, 3.8) is 0 Å². The van der Waals surface area contributed by atoms with Crippen LogP contribution in [0, 0.1) is 12.8 Å². The van der Waals surface area contributed by atoms with Crippen molar-refractivity contribution < 1.29 is 4.79 Å². The molecule has 0 aliphatic carbocycles. The second-order valence-corrected chi connectivity index (χ2v) is 5.38. The minimum Gasteiger partial charge on any atom is -0.314 e. The Morgan fingerprint density at radius 1 is 1.61 bits per heavy atom. The Labute approximate surface area is 109 Å². The van der Waals surface area contributed by atoms with E-state index >= 15 is 0 Å². The van der Waals surface area contributed by atoms with E-state index in [2.05, 4.69) is 17.3 Å². The van der Waals surface area contributed by atoms with Gasteiger partial charge in [0.05, 0.1) is 11.3 Å². The van der Waals surface area contributed by atoms with Gasteiger partial charge in [0.1, 0.15) is 0 Å². The van der Waals surface area contributed by atoms with Gasteiger partial charge in [0.15, 0.2) is 5.78 Å². The Kier molecular flexibility index (Phi) is 4.17. The first-order valence-electron chi connectivity index (χ1n) is 6.87. The van der Waals surface area contributed by atoms with Crippen molar-refractivity contribution >= 4 is 5.78 Å². The van der Waals surface area contributed by atoms with Crippen molar-refractivity contribution in [3.05, 3.63) is 17.5 Å². The van der Waals surface area contributed by atoms with Gasteiger partial charge in [-0.05, 0) is 32.2 Å². The molecule has 1 N–H and O–H groups in total. The topological polar surface area (TPSA) is 46.9 Å². The zero-order valence-corrected chi connectivity index (χ0v) is 11.6. The molecule has 0 bridgehead atoms. The maximum Gasteiger partial charge on any atom is 0.167 e. The normalized spacial score (nSPS) is 24.2. The summed E-state index contributed by atoms with van der Waals surface area (Å²) in [6.45, 7) is 5.18. The van der Waals surface area contributed by atoms with Crippen molar-refractivity contribution in [2.45, 2.75) is 45.6 Å². The van der Waals surface area contributed by atoms with Crippen LogP contribution >= 0.6 is 0 Å². The summed E-state index contributed by atoms with van der Waals surface area (Å²) in [5.41, 5.74) is 1.61. The Balaban J connectivity index is 1.97. The van der Waals surface area contributed by atoms with E-state index in [1.807, 2.05) is 20.2 Å². The molecular weight excluding hydrogens is 226 g/mol. The number of hydrogen-bond acceptors (Lipinski definition) is 3. The molecule has 4 nitrogen and oxygen atoms in total. The summed E-state index contributed by atoms with van der Waals surface area (Å²) in [5, 5.41) is 7.69. The molecular formula is C14H23N3O. The number of carbonyl (C=O) groups excluding carboxylic acids is 1. The molecule has 0 spiro atoms. The number of Topliss-reactive ketones (excluding diaryl/α,β-unsaturated/α-hetero) is 1. The van der Waals surface area contributed by atoms with E-state index in [4.69, 9.17) is 0 Å². The number of ketones is 1. The highest BCUT2D eigenvalue weighted by Crippen LogP contribution is 2.22. The summed E-state index contributed by atoms with van der Waals surface area (Å²) in [4.78, 5) is 12.2. The molecule has 0 amide bonds. The standard InChI is InChI=1S/C14H23N3O/c1-4-11-5-6-15-12(7-11)8-14(18)13-9-17(3)16-10(13)2/h9,11-12,15H,4-8H2,1-3H3. The van der Waals surface area contributed by atoms with E-state index < -0.39 is 0 Å². The van der Waals surface area contributed by atoms with Gasteiger partial charge in [0.2, 0.25) is 0 Å². The number of carbonyl (C=O) groups is 1. The molecule has 0 saturated carbocycles. The van der Waals surface area contributed by atoms with Crippen LogP contribution in [-0.2, 0) is 7.05 Å². The lowest BCUT2D eigenvalue weighted by Crippen LogP contribution is -2.39. The average Bonchev–Trinajstić information content (AvgIpc) is 2.69. The molecule has 1 aromatic heterocycles. The van der Waals surface area contributed by atoms with E-state index in [-0.39, 0.29) is 5.78 Å². The van der Waals surface area contributed by atoms with Crippen LogP contribution in [0.3, 0.4) is 0 Å². The molecule has 0 radical (unpaired) electrons. The molecule has 100 valence electrons. The summed E-state index contributed by atoms with van der Waals surface area (Å²) >= 11 is 0. The van der Waals surface area contributed by atoms with Gasteiger partial charge in [0.25, 0.3) is 0 Å². The molecule has 2 unspecified atom stereocenters. The third-order valence-corrected chi connectivity index (χ3v) is 3.93. The third kappa shape index (κ3) is 2.99. The van der Waals surface area contributed by atoms with Crippen LogP contribution in [0.25, 0.3) is 0 Å². The fourth-order valence-electron chi connectivity index (χ4n) is 2.83. The minimum absolute atomic E-state index is 0.217. The Hall–Kier alpha value is -1.16. The predicted molar refractivity (Wildman–Crippen MR) is 71.7 cm³/mol. The fourth-order valence-corrected chi connectivity index (χ4v) is 2.83.